The molecule has 0 saturated heterocycles. The van der Waals surface area contributed by atoms with E-state index in [9.17, 15) is 4.79 Å². The van der Waals surface area contributed by atoms with Crippen molar-refractivity contribution < 1.29 is 4.79 Å². The van der Waals surface area contributed by atoms with Crippen molar-refractivity contribution in [2.45, 2.75) is 58.8 Å². The average Bonchev–Trinajstić information content (AvgIpc) is 2.65. The number of Topliss-reactive ketones (excluding diaryl/α,β-unsaturated/α-hetero) is 1. The molecule has 1 nitrogen and oxygen atoms in total. The fraction of sp³-hybridized carbons (Fsp3) is 0.800. The molecule has 90 valence electrons. The van der Waals surface area contributed by atoms with Crippen molar-refractivity contribution in [1.82, 2.24) is 0 Å². The van der Waals surface area contributed by atoms with Gasteiger partial charge in [-0.2, -0.15) is 0 Å². The van der Waals surface area contributed by atoms with Crippen LogP contribution < -0.4 is 0 Å². The molecule has 1 fully saturated rings. The van der Waals surface area contributed by atoms with Gasteiger partial charge in [-0.15, -0.1) is 0 Å². The summed E-state index contributed by atoms with van der Waals surface area (Å²) in [5, 5.41) is 0. The van der Waals surface area contributed by atoms with E-state index in [1.54, 1.807) is 5.57 Å². The van der Waals surface area contributed by atoms with Crippen LogP contribution in [0.25, 0.3) is 0 Å². The maximum absolute atomic E-state index is 11.6. The second kappa shape index (κ2) is 5.16. The lowest BCUT2D eigenvalue weighted by Crippen LogP contribution is -2.14. The first-order chi connectivity index (χ1) is 7.66. The molecule has 0 aliphatic heterocycles. The highest BCUT2D eigenvalue weighted by Crippen LogP contribution is 2.34. The lowest BCUT2D eigenvalue weighted by atomic mass is 9.80. The molecule has 2 aliphatic carbocycles. The van der Waals surface area contributed by atoms with E-state index in [4.69, 9.17) is 0 Å². The number of allylic oxidation sites excluding steroid dienone is 2. The van der Waals surface area contributed by atoms with Crippen molar-refractivity contribution in [3.8, 4) is 0 Å². The molecule has 0 N–H and O–H groups in total. The van der Waals surface area contributed by atoms with Crippen LogP contribution in [0.4, 0.5) is 0 Å². The zero-order chi connectivity index (χ0) is 11.5. The lowest BCUT2D eigenvalue weighted by molar-refractivity contribution is -0.120. The lowest BCUT2D eigenvalue weighted by Gasteiger charge is -2.25. The molecule has 0 spiro atoms. The number of rotatable bonds is 3. The Labute approximate surface area is 99.3 Å². The Hall–Kier alpha value is -0.590. The van der Waals surface area contributed by atoms with E-state index in [0.717, 1.165) is 37.5 Å². The highest BCUT2D eigenvalue weighted by molar-refractivity contribution is 5.83. The van der Waals surface area contributed by atoms with Crippen LogP contribution in [0.1, 0.15) is 58.8 Å². The maximum atomic E-state index is 11.6. The van der Waals surface area contributed by atoms with Crippen LogP contribution in [-0.4, -0.2) is 5.78 Å². The molecule has 2 aliphatic rings. The van der Waals surface area contributed by atoms with Crippen LogP contribution in [0.3, 0.4) is 0 Å². The largest absolute Gasteiger partial charge is 0.299 e. The van der Waals surface area contributed by atoms with E-state index < -0.39 is 0 Å². The minimum atomic E-state index is 0.377. The predicted octanol–water partition coefficient (Wildman–Crippen LogP) is 4.13. The molecule has 2 atom stereocenters. The number of ketones is 1. The summed E-state index contributed by atoms with van der Waals surface area (Å²) in [6.07, 6.45) is 10.4. The van der Waals surface area contributed by atoms with Crippen LogP contribution in [0.2, 0.25) is 0 Å². The molecule has 0 radical (unpaired) electrons. The van der Waals surface area contributed by atoms with Gasteiger partial charge in [-0.3, -0.25) is 4.79 Å². The van der Waals surface area contributed by atoms with Crippen LogP contribution in [0, 0.1) is 17.8 Å². The summed E-state index contributed by atoms with van der Waals surface area (Å²) in [6, 6.07) is 0. The molecule has 0 bridgehead atoms. The van der Waals surface area contributed by atoms with Crippen molar-refractivity contribution in [3.63, 3.8) is 0 Å². The van der Waals surface area contributed by atoms with E-state index in [-0.39, 0.29) is 0 Å². The second-order valence-corrected chi connectivity index (χ2v) is 5.90. The molecule has 1 heteroatoms. The molecular weight excluding hydrogens is 196 g/mol. The molecule has 2 unspecified atom stereocenters. The van der Waals surface area contributed by atoms with Gasteiger partial charge in [0.15, 0.2) is 0 Å². The third kappa shape index (κ3) is 2.75. The van der Waals surface area contributed by atoms with Crippen molar-refractivity contribution in [3.05, 3.63) is 11.6 Å². The van der Waals surface area contributed by atoms with Crippen molar-refractivity contribution in [2.75, 3.05) is 0 Å². The Morgan fingerprint density at radius 3 is 2.62 bits per heavy atom. The Bertz CT molecular complexity index is 288. The molecular formula is C15H24O. The van der Waals surface area contributed by atoms with Crippen molar-refractivity contribution >= 4 is 5.78 Å². The summed E-state index contributed by atoms with van der Waals surface area (Å²) in [6.45, 7) is 4.65. The van der Waals surface area contributed by atoms with Gasteiger partial charge in [0.25, 0.3) is 0 Å². The minimum absolute atomic E-state index is 0.377. The second-order valence-electron chi connectivity index (χ2n) is 5.90. The number of hydrogen-bond donors (Lipinski definition) is 0. The van der Waals surface area contributed by atoms with Crippen molar-refractivity contribution in [1.29, 1.82) is 0 Å². The predicted molar refractivity (Wildman–Crippen MR) is 67.2 cm³/mol. The van der Waals surface area contributed by atoms with E-state index >= 15 is 0 Å². The molecule has 0 aromatic rings. The molecule has 0 aromatic heterocycles. The summed E-state index contributed by atoms with van der Waals surface area (Å²) in [5.41, 5.74) is 1.57. The van der Waals surface area contributed by atoms with Gasteiger partial charge in [-0.25, -0.2) is 0 Å². The van der Waals surface area contributed by atoms with Gasteiger partial charge < -0.3 is 0 Å². The fourth-order valence-corrected chi connectivity index (χ4v) is 3.12. The third-order valence-corrected chi connectivity index (χ3v) is 4.43. The van der Waals surface area contributed by atoms with E-state index in [2.05, 4.69) is 19.9 Å². The highest BCUT2D eigenvalue weighted by Gasteiger charge is 2.26. The van der Waals surface area contributed by atoms with E-state index in [1.165, 1.54) is 19.3 Å². The summed E-state index contributed by atoms with van der Waals surface area (Å²) < 4.78 is 0. The van der Waals surface area contributed by atoms with Crippen LogP contribution in [0.15, 0.2) is 11.6 Å². The molecule has 1 saturated carbocycles. The normalized spacial score (nSPS) is 30.9. The van der Waals surface area contributed by atoms with Crippen LogP contribution in [-0.2, 0) is 4.79 Å². The Balaban J connectivity index is 1.85. The molecule has 0 heterocycles. The van der Waals surface area contributed by atoms with Gasteiger partial charge >= 0.3 is 0 Å². The Morgan fingerprint density at radius 1 is 1.31 bits per heavy atom. The van der Waals surface area contributed by atoms with Gasteiger partial charge in [-0.05, 0) is 50.4 Å². The summed E-state index contributed by atoms with van der Waals surface area (Å²) >= 11 is 0. The highest BCUT2D eigenvalue weighted by atomic mass is 16.1. The Morgan fingerprint density at radius 2 is 2.12 bits per heavy atom. The van der Waals surface area contributed by atoms with Gasteiger partial charge in [0, 0.05) is 12.3 Å². The topological polar surface area (TPSA) is 17.1 Å². The minimum Gasteiger partial charge on any atom is -0.299 e. The fourth-order valence-electron chi connectivity index (χ4n) is 3.12. The van der Waals surface area contributed by atoms with E-state index in [1.807, 2.05) is 0 Å². The van der Waals surface area contributed by atoms with Crippen LogP contribution >= 0.6 is 0 Å². The first kappa shape index (κ1) is 11.9. The summed E-state index contributed by atoms with van der Waals surface area (Å²) in [7, 11) is 0. The number of carbonyl (C=O) groups is 1. The SMILES string of the molecule is CC(C)C1CC=C(CC2CCCC2=O)CC1. The van der Waals surface area contributed by atoms with E-state index in [0.29, 0.717) is 11.7 Å². The van der Waals surface area contributed by atoms with Crippen LogP contribution in [0.5, 0.6) is 0 Å². The molecule has 16 heavy (non-hydrogen) atoms. The van der Waals surface area contributed by atoms with Crippen molar-refractivity contribution in [2.24, 2.45) is 17.8 Å². The zero-order valence-corrected chi connectivity index (χ0v) is 10.7. The summed E-state index contributed by atoms with van der Waals surface area (Å²) in [5.74, 6) is 2.59. The number of hydrogen-bond acceptors (Lipinski definition) is 1. The maximum Gasteiger partial charge on any atom is 0.136 e. The smallest absolute Gasteiger partial charge is 0.136 e. The molecule has 2 rings (SSSR count). The van der Waals surface area contributed by atoms with Gasteiger partial charge in [0.05, 0.1) is 0 Å². The summed E-state index contributed by atoms with van der Waals surface area (Å²) in [4.78, 5) is 11.6. The first-order valence-electron chi connectivity index (χ1n) is 6.87. The third-order valence-electron chi connectivity index (χ3n) is 4.43. The average molecular weight is 220 g/mol. The molecule has 0 aromatic carbocycles. The Kier molecular flexibility index (Phi) is 3.83. The van der Waals surface area contributed by atoms with Gasteiger partial charge in [-0.1, -0.05) is 25.5 Å². The van der Waals surface area contributed by atoms with Gasteiger partial charge in [0.2, 0.25) is 0 Å². The first-order valence-corrected chi connectivity index (χ1v) is 6.87. The molecule has 0 amide bonds. The quantitative estimate of drug-likeness (QED) is 0.654. The zero-order valence-electron chi connectivity index (χ0n) is 10.7. The standard InChI is InChI=1S/C15H24O/c1-11(2)13-8-6-12(7-9-13)10-14-4-3-5-15(14)16/h6,11,13-14H,3-5,7-10H2,1-2H3. The number of carbonyl (C=O) groups excluding carboxylic acids is 1. The van der Waals surface area contributed by atoms with Gasteiger partial charge in [0.1, 0.15) is 5.78 Å². The monoisotopic (exact) mass is 220 g/mol.